The summed E-state index contributed by atoms with van der Waals surface area (Å²) in [4.78, 5) is 0. The van der Waals surface area contributed by atoms with E-state index in [-0.39, 0.29) is 5.75 Å². The van der Waals surface area contributed by atoms with Gasteiger partial charge in [-0.1, -0.05) is 18.2 Å². The number of pyridine rings is 1. The maximum Gasteiger partial charge on any atom is 0.200 e. The zero-order valence-electron chi connectivity index (χ0n) is 9.74. The minimum Gasteiger partial charge on any atom is -0.508 e. The number of hydrogen-bond donors (Lipinski definition) is 1. The van der Waals surface area contributed by atoms with Crippen LogP contribution >= 0.6 is 0 Å². The van der Waals surface area contributed by atoms with E-state index in [1.165, 1.54) is 0 Å². The third-order valence-corrected chi connectivity index (χ3v) is 2.71. The van der Waals surface area contributed by atoms with Crippen LogP contribution in [0.5, 0.6) is 11.6 Å². The number of aromatic nitrogens is 3. The van der Waals surface area contributed by atoms with Gasteiger partial charge in [-0.15, -0.1) is 10.2 Å². The fourth-order valence-electron chi connectivity index (χ4n) is 1.90. The van der Waals surface area contributed by atoms with Gasteiger partial charge in [0.25, 0.3) is 0 Å². The highest BCUT2D eigenvalue weighted by molar-refractivity contribution is 5.62. The molecule has 0 amide bonds. The number of nitrogens with zero attached hydrogens (tertiary/aromatic N) is 3. The molecule has 0 saturated carbocycles. The molecule has 2 heterocycles. The third kappa shape index (κ3) is 1.57. The lowest BCUT2D eigenvalue weighted by Gasteiger charge is -2.06. The Bertz CT molecular complexity index is 706. The quantitative estimate of drug-likeness (QED) is 0.746. The van der Waals surface area contributed by atoms with Crippen LogP contribution in [0.1, 0.15) is 0 Å². The van der Waals surface area contributed by atoms with Gasteiger partial charge in [0, 0.05) is 5.56 Å². The van der Waals surface area contributed by atoms with Gasteiger partial charge in [-0.2, -0.15) is 0 Å². The van der Waals surface area contributed by atoms with Gasteiger partial charge in [-0.3, -0.25) is 0 Å². The molecule has 2 aromatic heterocycles. The summed E-state index contributed by atoms with van der Waals surface area (Å²) in [6.45, 7) is 0. The van der Waals surface area contributed by atoms with E-state index < -0.39 is 0 Å². The van der Waals surface area contributed by atoms with Crippen LogP contribution in [0.15, 0.2) is 42.5 Å². The van der Waals surface area contributed by atoms with Gasteiger partial charge in [0.1, 0.15) is 5.75 Å². The number of ether oxygens (including phenoxy) is 1. The second kappa shape index (κ2) is 4.03. The van der Waals surface area contributed by atoms with Crippen molar-refractivity contribution >= 4 is 5.65 Å². The first kappa shape index (κ1) is 10.6. The van der Waals surface area contributed by atoms with Crippen LogP contribution in [0, 0.1) is 0 Å². The highest BCUT2D eigenvalue weighted by Crippen LogP contribution is 2.25. The molecule has 0 spiro atoms. The second-order valence-electron chi connectivity index (χ2n) is 3.84. The maximum atomic E-state index is 9.52. The number of rotatable bonds is 2. The zero-order valence-corrected chi connectivity index (χ0v) is 9.74. The number of fused-ring (bicyclic) bond motifs is 1. The van der Waals surface area contributed by atoms with E-state index in [1.807, 2.05) is 24.3 Å². The number of hydrogen-bond acceptors (Lipinski definition) is 4. The SMILES string of the molecule is COc1cccc2nnc(-c3cccc(O)c3)n12. The molecule has 5 nitrogen and oxygen atoms in total. The molecular formula is C13H11N3O2. The number of methoxy groups -OCH3 is 1. The van der Waals surface area contributed by atoms with Crippen LogP contribution < -0.4 is 4.74 Å². The van der Waals surface area contributed by atoms with Crippen molar-refractivity contribution in [2.75, 3.05) is 7.11 Å². The van der Waals surface area contributed by atoms with E-state index in [0.717, 1.165) is 5.56 Å². The Morgan fingerprint density at radius 3 is 2.72 bits per heavy atom. The lowest BCUT2D eigenvalue weighted by atomic mass is 10.2. The van der Waals surface area contributed by atoms with Crippen molar-refractivity contribution in [1.82, 2.24) is 14.6 Å². The molecule has 0 aliphatic rings. The molecule has 0 atom stereocenters. The summed E-state index contributed by atoms with van der Waals surface area (Å²) in [5.41, 5.74) is 1.49. The van der Waals surface area contributed by atoms with Crippen molar-refractivity contribution in [1.29, 1.82) is 0 Å². The lowest BCUT2D eigenvalue weighted by molar-refractivity contribution is 0.393. The molecular weight excluding hydrogens is 230 g/mol. The summed E-state index contributed by atoms with van der Waals surface area (Å²) < 4.78 is 7.10. The average Bonchev–Trinajstić information content (AvgIpc) is 2.82. The number of phenols is 1. The molecule has 0 fully saturated rings. The fraction of sp³-hybridized carbons (Fsp3) is 0.0769. The zero-order chi connectivity index (χ0) is 12.5. The molecule has 5 heteroatoms. The maximum absolute atomic E-state index is 9.52. The summed E-state index contributed by atoms with van der Waals surface area (Å²) in [5, 5.41) is 17.7. The standard InChI is InChI=1S/C13H11N3O2/c1-18-12-7-3-6-11-14-15-13(16(11)12)9-4-2-5-10(17)8-9/h2-8,17H,1H3. The Hall–Kier alpha value is -2.56. The smallest absolute Gasteiger partial charge is 0.200 e. The van der Waals surface area contributed by atoms with E-state index in [2.05, 4.69) is 10.2 Å². The largest absolute Gasteiger partial charge is 0.508 e. The lowest BCUT2D eigenvalue weighted by Crippen LogP contribution is -1.95. The minimum atomic E-state index is 0.194. The predicted molar refractivity (Wildman–Crippen MR) is 66.6 cm³/mol. The molecule has 18 heavy (non-hydrogen) atoms. The molecule has 1 aromatic carbocycles. The van der Waals surface area contributed by atoms with Crippen molar-refractivity contribution in [2.24, 2.45) is 0 Å². The molecule has 1 N–H and O–H groups in total. The van der Waals surface area contributed by atoms with Gasteiger partial charge < -0.3 is 9.84 Å². The topological polar surface area (TPSA) is 59.7 Å². The molecule has 90 valence electrons. The first-order valence-electron chi connectivity index (χ1n) is 5.47. The molecule has 0 aliphatic heterocycles. The normalized spacial score (nSPS) is 10.7. The molecule has 0 aliphatic carbocycles. The van der Waals surface area contributed by atoms with Gasteiger partial charge in [-0.05, 0) is 24.3 Å². The second-order valence-corrected chi connectivity index (χ2v) is 3.84. The van der Waals surface area contributed by atoms with E-state index in [0.29, 0.717) is 17.4 Å². The number of aromatic hydroxyl groups is 1. The van der Waals surface area contributed by atoms with Crippen LogP contribution in [0.2, 0.25) is 0 Å². The molecule has 0 saturated heterocycles. The van der Waals surface area contributed by atoms with Crippen molar-refractivity contribution in [3.8, 4) is 23.0 Å². The fourth-order valence-corrected chi connectivity index (χ4v) is 1.90. The average molecular weight is 241 g/mol. The van der Waals surface area contributed by atoms with Gasteiger partial charge in [-0.25, -0.2) is 4.40 Å². The first-order chi connectivity index (χ1) is 8.79. The molecule has 0 radical (unpaired) electrons. The van der Waals surface area contributed by atoms with Gasteiger partial charge in [0.2, 0.25) is 5.88 Å². The van der Waals surface area contributed by atoms with Crippen LogP contribution in [-0.4, -0.2) is 26.8 Å². The Morgan fingerprint density at radius 1 is 1.11 bits per heavy atom. The van der Waals surface area contributed by atoms with E-state index in [9.17, 15) is 5.11 Å². The van der Waals surface area contributed by atoms with E-state index in [4.69, 9.17) is 4.74 Å². The minimum absolute atomic E-state index is 0.194. The Morgan fingerprint density at radius 2 is 1.94 bits per heavy atom. The summed E-state index contributed by atoms with van der Waals surface area (Å²) >= 11 is 0. The highest BCUT2D eigenvalue weighted by Gasteiger charge is 2.11. The summed E-state index contributed by atoms with van der Waals surface area (Å²) in [6, 6.07) is 12.4. The number of benzene rings is 1. The van der Waals surface area contributed by atoms with Crippen molar-refractivity contribution in [3.63, 3.8) is 0 Å². The Labute approximate surface area is 103 Å². The summed E-state index contributed by atoms with van der Waals surface area (Å²) in [5.74, 6) is 1.48. The van der Waals surface area contributed by atoms with Crippen LogP contribution in [0.4, 0.5) is 0 Å². The molecule has 3 aromatic rings. The van der Waals surface area contributed by atoms with Gasteiger partial charge in [0.15, 0.2) is 11.5 Å². The Balaban J connectivity index is 2.30. The molecule has 0 unspecified atom stereocenters. The van der Waals surface area contributed by atoms with Crippen LogP contribution in [0.25, 0.3) is 17.0 Å². The number of phenolic OH excluding ortho intramolecular Hbond substituents is 1. The monoisotopic (exact) mass is 241 g/mol. The van der Waals surface area contributed by atoms with Gasteiger partial charge >= 0.3 is 0 Å². The van der Waals surface area contributed by atoms with Crippen molar-refractivity contribution < 1.29 is 9.84 Å². The summed E-state index contributed by atoms with van der Waals surface area (Å²) in [6.07, 6.45) is 0. The van der Waals surface area contributed by atoms with E-state index >= 15 is 0 Å². The van der Waals surface area contributed by atoms with Gasteiger partial charge in [0.05, 0.1) is 7.11 Å². The predicted octanol–water partition coefficient (Wildman–Crippen LogP) is 2.11. The highest BCUT2D eigenvalue weighted by atomic mass is 16.5. The summed E-state index contributed by atoms with van der Waals surface area (Å²) in [7, 11) is 1.60. The molecule has 3 rings (SSSR count). The van der Waals surface area contributed by atoms with E-state index in [1.54, 1.807) is 29.7 Å². The molecule has 0 bridgehead atoms. The first-order valence-corrected chi connectivity index (χ1v) is 5.47. The van der Waals surface area contributed by atoms with Crippen LogP contribution in [0.3, 0.4) is 0 Å². The third-order valence-electron chi connectivity index (χ3n) is 2.71. The Kier molecular flexibility index (Phi) is 2.37. The van der Waals surface area contributed by atoms with Crippen molar-refractivity contribution in [3.05, 3.63) is 42.5 Å². The van der Waals surface area contributed by atoms with Crippen molar-refractivity contribution in [2.45, 2.75) is 0 Å². The van der Waals surface area contributed by atoms with Crippen LogP contribution in [-0.2, 0) is 0 Å².